The van der Waals surface area contributed by atoms with E-state index in [0.717, 1.165) is 22.6 Å². The molecule has 0 spiro atoms. The van der Waals surface area contributed by atoms with Crippen molar-refractivity contribution in [1.82, 2.24) is 9.55 Å². The Morgan fingerprint density at radius 3 is 2.19 bits per heavy atom. The molecular formula is C23H25N3. The Bertz CT molecular complexity index is 988. The van der Waals surface area contributed by atoms with Gasteiger partial charge in [-0.3, -0.25) is 4.57 Å². The first-order valence-electron chi connectivity index (χ1n) is 8.86. The highest BCUT2D eigenvalue weighted by molar-refractivity contribution is 5.68. The monoisotopic (exact) mass is 343 g/mol. The second-order valence-corrected chi connectivity index (χ2v) is 7.94. The second kappa shape index (κ2) is 6.46. The van der Waals surface area contributed by atoms with Crippen molar-refractivity contribution in [2.24, 2.45) is 0 Å². The number of aromatic nitrogens is 2. The quantitative estimate of drug-likeness (QED) is 0.500. The first-order chi connectivity index (χ1) is 12.2. The molecule has 0 amide bonds. The molecule has 0 aliphatic carbocycles. The molecule has 2 aromatic carbocycles. The molecule has 3 heteroatoms. The molecule has 3 nitrogen and oxygen atoms in total. The van der Waals surface area contributed by atoms with Gasteiger partial charge in [-0.05, 0) is 54.5 Å². The molecule has 26 heavy (non-hydrogen) atoms. The predicted molar refractivity (Wildman–Crippen MR) is 108 cm³/mol. The Kier molecular flexibility index (Phi) is 4.46. The van der Waals surface area contributed by atoms with Crippen molar-refractivity contribution in [2.75, 3.05) is 0 Å². The number of hydrogen-bond donors (Lipinski definition) is 0. The van der Waals surface area contributed by atoms with Crippen molar-refractivity contribution < 1.29 is 0 Å². The summed E-state index contributed by atoms with van der Waals surface area (Å²) in [6.45, 7) is 20.4. The molecule has 0 unspecified atom stereocenters. The van der Waals surface area contributed by atoms with Gasteiger partial charge in [0.2, 0.25) is 0 Å². The first kappa shape index (κ1) is 17.9. The first-order valence-corrected chi connectivity index (χ1v) is 8.86. The van der Waals surface area contributed by atoms with E-state index in [0.29, 0.717) is 5.69 Å². The second-order valence-electron chi connectivity index (χ2n) is 7.94. The van der Waals surface area contributed by atoms with Crippen LogP contribution in [0.25, 0.3) is 21.9 Å². The lowest BCUT2D eigenvalue weighted by Crippen LogP contribution is -2.13. The Morgan fingerprint density at radius 1 is 0.962 bits per heavy atom. The van der Waals surface area contributed by atoms with Crippen LogP contribution >= 0.6 is 0 Å². The standard InChI is InChI=1S/C23H25N3/c1-15-8-9-18(14-20(15)24-7)22-25-10-11-26(22)21-16(2)12-19(13-17(21)3)23(4,5)6/h8-14H,1-6H3. The molecule has 0 radical (unpaired) electrons. The third kappa shape index (κ3) is 3.15. The lowest BCUT2D eigenvalue weighted by molar-refractivity contribution is 0.589. The van der Waals surface area contributed by atoms with E-state index < -0.39 is 0 Å². The average molecular weight is 343 g/mol. The minimum Gasteiger partial charge on any atom is -0.299 e. The maximum absolute atomic E-state index is 7.37. The SMILES string of the molecule is [C-]#[N+]c1cc(-c2nccn2-c2c(C)cc(C(C)(C)C)cc2C)ccc1C. The summed E-state index contributed by atoms with van der Waals surface area (Å²) >= 11 is 0. The van der Waals surface area contributed by atoms with Gasteiger partial charge in [-0.2, -0.15) is 0 Å². The molecule has 0 saturated heterocycles. The molecule has 0 N–H and O–H groups in total. The van der Waals surface area contributed by atoms with Crippen molar-refractivity contribution in [2.45, 2.75) is 47.0 Å². The number of aryl methyl sites for hydroxylation is 3. The van der Waals surface area contributed by atoms with Crippen molar-refractivity contribution in [3.05, 3.63) is 76.4 Å². The van der Waals surface area contributed by atoms with Gasteiger partial charge in [0.1, 0.15) is 5.82 Å². The van der Waals surface area contributed by atoms with Gasteiger partial charge in [-0.1, -0.05) is 45.0 Å². The maximum atomic E-state index is 7.37. The zero-order valence-electron chi connectivity index (χ0n) is 16.4. The number of benzene rings is 2. The Morgan fingerprint density at radius 2 is 1.62 bits per heavy atom. The normalized spacial score (nSPS) is 11.4. The summed E-state index contributed by atoms with van der Waals surface area (Å²) in [5.41, 5.74) is 7.70. The van der Waals surface area contributed by atoms with Gasteiger partial charge in [-0.25, -0.2) is 9.83 Å². The van der Waals surface area contributed by atoms with Gasteiger partial charge >= 0.3 is 0 Å². The van der Waals surface area contributed by atoms with Crippen LogP contribution in [0.5, 0.6) is 0 Å². The summed E-state index contributed by atoms with van der Waals surface area (Å²) in [5.74, 6) is 0.865. The largest absolute Gasteiger partial charge is 0.299 e. The van der Waals surface area contributed by atoms with E-state index in [1.165, 1.54) is 16.7 Å². The zero-order chi connectivity index (χ0) is 19.1. The average Bonchev–Trinajstić information content (AvgIpc) is 3.03. The van der Waals surface area contributed by atoms with Crippen LogP contribution in [0.3, 0.4) is 0 Å². The summed E-state index contributed by atoms with van der Waals surface area (Å²) in [7, 11) is 0. The fourth-order valence-electron chi connectivity index (χ4n) is 3.34. The number of rotatable bonds is 2. The summed E-state index contributed by atoms with van der Waals surface area (Å²) in [6, 6.07) is 10.5. The van der Waals surface area contributed by atoms with Crippen molar-refractivity contribution in [1.29, 1.82) is 0 Å². The van der Waals surface area contributed by atoms with Crippen LogP contribution in [0.2, 0.25) is 0 Å². The van der Waals surface area contributed by atoms with Crippen molar-refractivity contribution in [3.8, 4) is 17.1 Å². The van der Waals surface area contributed by atoms with E-state index in [4.69, 9.17) is 6.57 Å². The van der Waals surface area contributed by atoms with Gasteiger partial charge in [0.05, 0.1) is 12.3 Å². The van der Waals surface area contributed by atoms with E-state index >= 15 is 0 Å². The maximum Gasteiger partial charge on any atom is 0.190 e. The van der Waals surface area contributed by atoms with E-state index in [1.807, 2.05) is 37.5 Å². The predicted octanol–water partition coefficient (Wildman–Crippen LogP) is 6.31. The Labute approximate surface area is 156 Å². The fourth-order valence-corrected chi connectivity index (χ4v) is 3.34. The molecule has 132 valence electrons. The van der Waals surface area contributed by atoms with Crippen molar-refractivity contribution >= 4 is 5.69 Å². The van der Waals surface area contributed by atoms with Gasteiger partial charge < -0.3 is 0 Å². The minimum atomic E-state index is 0.118. The van der Waals surface area contributed by atoms with Gasteiger partial charge in [-0.15, -0.1) is 0 Å². The summed E-state index contributed by atoms with van der Waals surface area (Å²) in [4.78, 5) is 8.21. The Hall–Kier alpha value is -2.86. The van der Waals surface area contributed by atoms with Crippen LogP contribution in [-0.2, 0) is 5.41 Å². The van der Waals surface area contributed by atoms with Crippen LogP contribution < -0.4 is 0 Å². The molecule has 0 bridgehead atoms. The van der Waals surface area contributed by atoms with E-state index in [-0.39, 0.29) is 5.41 Å². The number of imidazole rings is 1. The minimum absolute atomic E-state index is 0.118. The van der Waals surface area contributed by atoms with E-state index in [2.05, 4.69) is 61.1 Å². The highest BCUT2D eigenvalue weighted by Crippen LogP contribution is 2.32. The molecule has 0 fully saturated rings. The molecule has 1 aromatic heterocycles. The smallest absolute Gasteiger partial charge is 0.190 e. The lowest BCUT2D eigenvalue weighted by atomic mass is 9.84. The molecule has 0 aliphatic rings. The number of hydrogen-bond acceptors (Lipinski definition) is 1. The molecule has 3 rings (SSSR count). The van der Waals surface area contributed by atoms with Crippen LogP contribution in [0, 0.1) is 27.3 Å². The van der Waals surface area contributed by atoms with Gasteiger partial charge in [0.25, 0.3) is 0 Å². The lowest BCUT2D eigenvalue weighted by Gasteiger charge is -2.23. The molecular weight excluding hydrogens is 318 g/mol. The van der Waals surface area contributed by atoms with Crippen LogP contribution in [0.15, 0.2) is 42.7 Å². The summed E-state index contributed by atoms with van der Waals surface area (Å²) in [5, 5.41) is 0. The third-order valence-electron chi connectivity index (χ3n) is 4.83. The molecule has 3 aromatic rings. The van der Waals surface area contributed by atoms with Crippen molar-refractivity contribution in [3.63, 3.8) is 0 Å². The number of nitrogens with zero attached hydrogens (tertiary/aromatic N) is 3. The molecule has 0 atom stereocenters. The van der Waals surface area contributed by atoms with Crippen LogP contribution in [0.4, 0.5) is 5.69 Å². The zero-order valence-corrected chi connectivity index (χ0v) is 16.4. The van der Waals surface area contributed by atoms with Crippen LogP contribution in [-0.4, -0.2) is 9.55 Å². The molecule has 0 aliphatic heterocycles. The fraction of sp³-hybridized carbons (Fsp3) is 0.304. The van der Waals surface area contributed by atoms with E-state index in [9.17, 15) is 0 Å². The summed E-state index contributed by atoms with van der Waals surface area (Å²) in [6.07, 6.45) is 3.82. The molecule has 1 heterocycles. The van der Waals surface area contributed by atoms with Gasteiger partial charge in [0, 0.05) is 18.0 Å². The topological polar surface area (TPSA) is 22.2 Å². The highest BCUT2D eigenvalue weighted by Gasteiger charge is 2.18. The Balaban J connectivity index is 2.17. The third-order valence-corrected chi connectivity index (χ3v) is 4.83. The highest BCUT2D eigenvalue weighted by atomic mass is 15.1. The van der Waals surface area contributed by atoms with E-state index in [1.54, 1.807) is 0 Å². The van der Waals surface area contributed by atoms with Gasteiger partial charge in [0.15, 0.2) is 5.69 Å². The molecule has 0 saturated carbocycles. The summed E-state index contributed by atoms with van der Waals surface area (Å²) < 4.78 is 2.13. The van der Waals surface area contributed by atoms with Crippen LogP contribution in [0.1, 0.15) is 43.0 Å².